The van der Waals surface area contributed by atoms with Gasteiger partial charge in [-0.1, -0.05) is 0 Å². The fraction of sp³-hybridized carbons (Fsp3) is 0.909. The average molecular weight is 235 g/mol. The van der Waals surface area contributed by atoms with Gasteiger partial charge in [0, 0.05) is 19.4 Å². The lowest BCUT2D eigenvalue weighted by Gasteiger charge is -2.20. The second kappa shape index (κ2) is 4.55. The van der Waals surface area contributed by atoms with E-state index in [-0.39, 0.29) is 25.3 Å². The van der Waals surface area contributed by atoms with Crippen molar-refractivity contribution < 1.29 is 18.3 Å². The van der Waals surface area contributed by atoms with Gasteiger partial charge < -0.3 is 10.1 Å². The van der Waals surface area contributed by atoms with Crippen LogP contribution in [0.5, 0.6) is 0 Å². The highest BCUT2D eigenvalue weighted by Gasteiger charge is 2.39. The minimum absolute atomic E-state index is 0.0757. The van der Waals surface area contributed by atoms with Crippen molar-refractivity contribution in [3.05, 3.63) is 0 Å². The number of nitrogens with one attached hydrogen (secondary N) is 1. The summed E-state index contributed by atoms with van der Waals surface area (Å²) in [6.07, 6.45) is -0.290. The Bertz CT molecular complexity index is 261. The molecular formula is C11H19F2NO2. The molecule has 0 saturated heterocycles. The lowest BCUT2D eigenvalue weighted by molar-refractivity contribution is 0.00458. The van der Waals surface area contributed by atoms with E-state index in [4.69, 9.17) is 4.74 Å². The number of halogens is 2. The quantitative estimate of drug-likeness (QED) is 0.799. The summed E-state index contributed by atoms with van der Waals surface area (Å²) in [5.74, 6) is -2.69. The van der Waals surface area contributed by atoms with Gasteiger partial charge >= 0.3 is 6.09 Å². The molecule has 1 unspecified atom stereocenters. The normalized spacial score (nSPS) is 24.2. The predicted octanol–water partition coefficient (Wildman–Crippen LogP) is 2.95. The molecule has 0 aliphatic heterocycles. The van der Waals surface area contributed by atoms with E-state index < -0.39 is 17.6 Å². The maximum atomic E-state index is 12.8. The van der Waals surface area contributed by atoms with Gasteiger partial charge in [0.1, 0.15) is 5.60 Å². The van der Waals surface area contributed by atoms with E-state index in [1.54, 1.807) is 20.8 Å². The first-order chi connectivity index (χ1) is 7.18. The minimum Gasteiger partial charge on any atom is -0.444 e. The second-order valence-corrected chi connectivity index (χ2v) is 5.35. The van der Waals surface area contributed by atoms with Crippen molar-refractivity contribution in [2.45, 2.75) is 51.6 Å². The van der Waals surface area contributed by atoms with Crippen LogP contribution in [0.4, 0.5) is 13.6 Å². The summed E-state index contributed by atoms with van der Waals surface area (Å²) in [4.78, 5) is 11.3. The van der Waals surface area contributed by atoms with Crippen molar-refractivity contribution in [1.29, 1.82) is 0 Å². The molecule has 0 bridgehead atoms. The van der Waals surface area contributed by atoms with Gasteiger partial charge in [0.05, 0.1) is 0 Å². The first-order valence-electron chi connectivity index (χ1n) is 5.53. The van der Waals surface area contributed by atoms with E-state index in [0.717, 1.165) is 0 Å². The Morgan fingerprint density at radius 3 is 2.56 bits per heavy atom. The molecule has 0 heterocycles. The van der Waals surface area contributed by atoms with Crippen LogP contribution < -0.4 is 5.32 Å². The summed E-state index contributed by atoms with van der Waals surface area (Å²) < 4.78 is 30.7. The lowest BCUT2D eigenvalue weighted by Crippen LogP contribution is -2.35. The van der Waals surface area contributed by atoms with Crippen LogP contribution in [0.3, 0.4) is 0 Å². The number of amides is 1. The van der Waals surface area contributed by atoms with Gasteiger partial charge in [0.2, 0.25) is 5.92 Å². The second-order valence-electron chi connectivity index (χ2n) is 5.35. The Hall–Kier alpha value is -0.870. The topological polar surface area (TPSA) is 38.3 Å². The van der Waals surface area contributed by atoms with Crippen molar-refractivity contribution in [2.24, 2.45) is 5.92 Å². The Balaban J connectivity index is 2.23. The Kier molecular flexibility index (Phi) is 3.76. The number of rotatable bonds is 2. The summed E-state index contributed by atoms with van der Waals surface area (Å²) in [5, 5.41) is 2.52. The van der Waals surface area contributed by atoms with Gasteiger partial charge in [-0.05, 0) is 33.1 Å². The summed E-state index contributed by atoms with van der Waals surface area (Å²) in [7, 11) is 0. The fourth-order valence-corrected chi connectivity index (χ4v) is 1.76. The van der Waals surface area contributed by atoms with Crippen molar-refractivity contribution in [1.82, 2.24) is 5.32 Å². The largest absolute Gasteiger partial charge is 0.444 e. The van der Waals surface area contributed by atoms with Gasteiger partial charge in [0.15, 0.2) is 0 Å². The zero-order chi connectivity index (χ0) is 12.4. The lowest BCUT2D eigenvalue weighted by atomic mass is 10.1. The molecule has 0 aromatic rings. The fourth-order valence-electron chi connectivity index (χ4n) is 1.76. The Morgan fingerprint density at radius 1 is 1.50 bits per heavy atom. The highest BCUT2D eigenvalue weighted by atomic mass is 19.3. The van der Waals surface area contributed by atoms with Crippen LogP contribution in [0.1, 0.15) is 40.0 Å². The monoisotopic (exact) mass is 235 g/mol. The first-order valence-corrected chi connectivity index (χ1v) is 5.53. The molecule has 0 radical (unpaired) electrons. The molecule has 1 atom stereocenters. The van der Waals surface area contributed by atoms with E-state index >= 15 is 0 Å². The smallest absolute Gasteiger partial charge is 0.407 e. The Morgan fingerprint density at radius 2 is 2.12 bits per heavy atom. The molecular weight excluding hydrogens is 216 g/mol. The average Bonchev–Trinajstić information content (AvgIpc) is 2.39. The molecule has 1 saturated carbocycles. The number of alkyl carbamates (subject to hydrolysis) is 1. The summed E-state index contributed by atoms with van der Waals surface area (Å²) in [6.45, 7) is 5.55. The summed E-state index contributed by atoms with van der Waals surface area (Å²) in [6, 6.07) is 0. The van der Waals surface area contributed by atoms with Gasteiger partial charge in [-0.3, -0.25) is 0 Å². The van der Waals surface area contributed by atoms with Gasteiger partial charge in [0.25, 0.3) is 0 Å². The molecule has 16 heavy (non-hydrogen) atoms. The molecule has 0 spiro atoms. The number of carbonyl (C=O) groups excluding carboxylic acids is 1. The van der Waals surface area contributed by atoms with Crippen LogP contribution in [0.2, 0.25) is 0 Å². The molecule has 1 amide bonds. The zero-order valence-corrected chi connectivity index (χ0v) is 9.98. The maximum absolute atomic E-state index is 12.8. The minimum atomic E-state index is -2.56. The number of carbonyl (C=O) groups is 1. The van der Waals surface area contributed by atoms with Crippen LogP contribution in [0.25, 0.3) is 0 Å². The number of hydrogen-bond donors (Lipinski definition) is 1. The Labute approximate surface area is 94.5 Å². The van der Waals surface area contributed by atoms with Crippen LogP contribution in [0.15, 0.2) is 0 Å². The summed E-state index contributed by atoms with van der Waals surface area (Å²) in [5.41, 5.74) is -0.552. The van der Waals surface area contributed by atoms with Crippen LogP contribution in [-0.4, -0.2) is 24.2 Å². The van der Waals surface area contributed by atoms with Crippen LogP contribution in [-0.2, 0) is 4.74 Å². The molecule has 1 fully saturated rings. The molecule has 5 heteroatoms. The van der Waals surface area contributed by atoms with Gasteiger partial charge in [-0.2, -0.15) is 0 Å². The van der Waals surface area contributed by atoms with E-state index in [1.807, 2.05) is 0 Å². The molecule has 1 N–H and O–H groups in total. The third kappa shape index (κ3) is 4.77. The van der Waals surface area contributed by atoms with Crippen molar-refractivity contribution in [3.8, 4) is 0 Å². The molecule has 1 aliphatic carbocycles. The number of hydrogen-bond acceptors (Lipinski definition) is 2. The molecule has 0 aromatic heterocycles. The number of alkyl halides is 2. The molecule has 1 rings (SSSR count). The van der Waals surface area contributed by atoms with E-state index in [2.05, 4.69) is 5.32 Å². The van der Waals surface area contributed by atoms with Crippen LogP contribution >= 0.6 is 0 Å². The molecule has 94 valence electrons. The van der Waals surface area contributed by atoms with E-state index in [9.17, 15) is 13.6 Å². The molecule has 1 aliphatic rings. The highest BCUT2D eigenvalue weighted by molar-refractivity contribution is 5.67. The maximum Gasteiger partial charge on any atom is 0.407 e. The van der Waals surface area contributed by atoms with Crippen LogP contribution in [0, 0.1) is 5.92 Å². The van der Waals surface area contributed by atoms with Gasteiger partial charge in [-0.15, -0.1) is 0 Å². The van der Waals surface area contributed by atoms with Crippen molar-refractivity contribution in [2.75, 3.05) is 6.54 Å². The van der Waals surface area contributed by atoms with Gasteiger partial charge in [-0.25, -0.2) is 13.6 Å². The highest BCUT2D eigenvalue weighted by Crippen LogP contribution is 2.38. The third-order valence-electron chi connectivity index (χ3n) is 2.44. The summed E-state index contributed by atoms with van der Waals surface area (Å²) >= 11 is 0. The SMILES string of the molecule is CC(C)(C)OC(=O)NCC1CCC(F)(F)C1. The molecule has 3 nitrogen and oxygen atoms in total. The predicted molar refractivity (Wildman–Crippen MR) is 56.5 cm³/mol. The molecule has 0 aromatic carbocycles. The van der Waals surface area contributed by atoms with Crippen molar-refractivity contribution >= 4 is 6.09 Å². The van der Waals surface area contributed by atoms with Crippen molar-refractivity contribution in [3.63, 3.8) is 0 Å². The number of ether oxygens (including phenoxy) is 1. The zero-order valence-electron chi connectivity index (χ0n) is 9.98. The standard InChI is InChI=1S/C11H19F2NO2/c1-10(2,3)16-9(15)14-7-8-4-5-11(12,13)6-8/h8H,4-7H2,1-3H3,(H,14,15). The van der Waals surface area contributed by atoms with E-state index in [1.165, 1.54) is 0 Å². The van der Waals surface area contributed by atoms with E-state index in [0.29, 0.717) is 6.42 Å². The third-order valence-corrected chi connectivity index (χ3v) is 2.44. The first kappa shape index (κ1) is 13.2.